The highest BCUT2D eigenvalue weighted by atomic mass is 16.5. The van der Waals surface area contributed by atoms with Crippen LogP contribution in [-0.4, -0.2) is 5.90 Å². The maximum Gasteiger partial charge on any atom is 0.219 e. The summed E-state index contributed by atoms with van der Waals surface area (Å²) in [5, 5.41) is 8.72. The Morgan fingerprint density at radius 3 is 1.69 bits per heavy atom. The molecule has 0 fully saturated rings. The van der Waals surface area contributed by atoms with E-state index in [1.54, 1.807) is 0 Å². The van der Waals surface area contributed by atoms with Crippen LogP contribution in [0, 0.1) is 10.8 Å². The van der Waals surface area contributed by atoms with E-state index in [0.717, 1.165) is 46.5 Å². The first-order valence-electron chi connectivity index (χ1n) is 18.8. The first kappa shape index (κ1) is 37.6. The number of rotatable bonds is 12. The molecule has 0 heterocycles. The van der Waals surface area contributed by atoms with E-state index >= 15 is 0 Å². The van der Waals surface area contributed by atoms with Gasteiger partial charge in [0.2, 0.25) is 5.90 Å². The van der Waals surface area contributed by atoms with E-state index in [9.17, 15) is 0 Å². The van der Waals surface area contributed by atoms with Gasteiger partial charge in [-0.05, 0) is 119 Å². The highest BCUT2D eigenvalue weighted by Gasteiger charge is 2.22. The first-order chi connectivity index (χ1) is 26.2. The first-order valence-corrected chi connectivity index (χ1v) is 18.8. The van der Waals surface area contributed by atoms with Gasteiger partial charge in [-0.2, -0.15) is 0 Å². The summed E-state index contributed by atoms with van der Waals surface area (Å²) in [6.45, 7) is 15.0. The van der Waals surface area contributed by atoms with Crippen LogP contribution in [0.15, 0.2) is 188 Å². The molecule has 54 heavy (non-hydrogen) atoms. The van der Waals surface area contributed by atoms with E-state index in [4.69, 9.17) is 10.1 Å². The molecule has 3 nitrogen and oxygen atoms in total. The molecular weight excluding hydrogens is 657 g/mol. The molecular formula is C51H50N2O. The van der Waals surface area contributed by atoms with Crippen LogP contribution in [0.4, 0.5) is 17.1 Å². The molecule has 0 bridgehead atoms. The quantitative estimate of drug-likeness (QED) is 0.0595. The van der Waals surface area contributed by atoms with Crippen molar-refractivity contribution in [3.8, 4) is 33.4 Å². The van der Waals surface area contributed by atoms with Crippen LogP contribution in [0.1, 0.15) is 52.2 Å². The minimum Gasteiger partial charge on any atom is -0.439 e. The number of ether oxygens (including phenoxy) is 1. The number of allylic oxidation sites excluding steroid dienone is 3. The molecule has 270 valence electrons. The second kappa shape index (κ2) is 17.1. The van der Waals surface area contributed by atoms with Crippen LogP contribution in [0.3, 0.4) is 0 Å². The molecule has 0 saturated carbocycles. The summed E-state index contributed by atoms with van der Waals surface area (Å²) in [5.41, 5.74) is 13.1. The number of hydrogen-bond donors (Lipinski definition) is 1. The van der Waals surface area contributed by atoms with Gasteiger partial charge in [-0.15, -0.1) is 0 Å². The van der Waals surface area contributed by atoms with Gasteiger partial charge >= 0.3 is 0 Å². The predicted molar refractivity (Wildman–Crippen MR) is 231 cm³/mol. The minimum atomic E-state index is 0.0699. The average molecular weight is 707 g/mol. The fourth-order valence-electron chi connectivity index (χ4n) is 6.88. The molecule has 0 amide bonds. The molecule has 6 rings (SSSR count). The zero-order chi connectivity index (χ0) is 38.1. The third kappa shape index (κ3) is 8.87. The third-order valence-corrected chi connectivity index (χ3v) is 9.27. The van der Waals surface area contributed by atoms with Crippen LogP contribution in [0.2, 0.25) is 0 Å². The molecule has 1 N–H and O–H groups in total. The average Bonchev–Trinajstić information content (AvgIpc) is 3.19. The SMILES string of the molecule is C=C(C=CC)C(=CCC)OC(=N)c1ccc(-c2ccccc2-c2ccccc2-c2ccc(N(c3ccccc3)c3ccccc3)c(CC(C)(C)C)c2)cc1. The van der Waals surface area contributed by atoms with Crippen molar-refractivity contribution in [1.29, 1.82) is 5.41 Å². The zero-order valence-electron chi connectivity index (χ0n) is 32.1. The lowest BCUT2D eigenvalue weighted by atomic mass is 9.84. The van der Waals surface area contributed by atoms with Gasteiger partial charge in [0.1, 0.15) is 5.76 Å². The smallest absolute Gasteiger partial charge is 0.219 e. The topological polar surface area (TPSA) is 36.3 Å². The molecule has 3 heteroatoms. The fraction of sp³-hybridized carbons (Fsp3) is 0.157. The van der Waals surface area contributed by atoms with Crippen LogP contribution < -0.4 is 4.90 Å². The van der Waals surface area contributed by atoms with Gasteiger partial charge < -0.3 is 9.64 Å². The van der Waals surface area contributed by atoms with Crippen LogP contribution in [0.25, 0.3) is 33.4 Å². The normalized spacial score (nSPS) is 11.8. The van der Waals surface area contributed by atoms with E-state index in [1.807, 2.05) is 44.2 Å². The van der Waals surface area contributed by atoms with Gasteiger partial charge in [-0.3, -0.25) is 5.41 Å². The molecule has 6 aromatic carbocycles. The van der Waals surface area contributed by atoms with E-state index in [-0.39, 0.29) is 11.3 Å². The predicted octanol–water partition coefficient (Wildman–Crippen LogP) is 14.5. The number of nitrogens with zero attached hydrogens (tertiary/aromatic N) is 1. The van der Waals surface area contributed by atoms with Crippen molar-refractivity contribution in [3.05, 3.63) is 199 Å². The standard InChI is InChI=1S/C51H50N2O/c1-7-19-37(3)49(20-8-2)54-50(52)39-31-29-38(30-32-39)44-25-15-17-27-46(44)47-28-18-16-26-45(47)40-33-34-48(41(35-40)36-51(4,5)6)53(42-21-11-9-12-22-42)43-23-13-10-14-24-43/h7,9-35,52H,3,8,36H2,1-2,4-6H3. The Morgan fingerprint density at radius 1 is 0.667 bits per heavy atom. The van der Waals surface area contributed by atoms with Crippen LogP contribution >= 0.6 is 0 Å². The summed E-state index contributed by atoms with van der Waals surface area (Å²) in [4.78, 5) is 2.37. The molecule has 0 aliphatic heterocycles. The van der Waals surface area contributed by atoms with Gasteiger partial charge in [0.25, 0.3) is 0 Å². The molecule has 0 aliphatic rings. The van der Waals surface area contributed by atoms with Crippen molar-refractivity contribution in [2.45, 2.75) is 47.5 Å². The summed E-state index contributed by atoms with van der Waals surface area (Å²) in [6, 6.07) is 53.6. The van der Waals surface area contributed by atoms with Gasteiger partial charge in [0.05, 0.1) is 0 Å². The zero-order valence-corrected chi connectivity index (χ0v) is 32.1. The van der Waals surface area contributed by atoms with Gasteiger partial charge in [-0.1, -0.05) is 150 Å². The summed E-state index contributed by atoms with van der Waals surface area (Å²) in [5.74, 6) is 0.705. The number of nitrogens with one attached hydrogen (secondary N) is 1. The Kier molecular flexibility index (Phi) is 11.9. The molecule has 0 aliphatic carbocycles. The van der Waals surface area contributed by atoms with Crippen molar-refractivity contribution < 1.29 is 4.74 Å². The van der Waals surface area contributed by atoms with E-state index in [1.165, 1.54) is 27.9 Å². The monoisotopic (exact) mass is 706 g/mol. The molecule has 0 aromatic heterocycles. The van der Waals surface area contributed by atoms with Crippen LogP contribution in [-0.2, 0) is 11.2 Å². The fourth-order valence-corrected chi connectivity index (χ4v) is 6.88. The minimum absolute atomic E-state index is 0.0699. The highest BCUT2D eigenvalue weighted by Crippen LogP contribution is 2.43. The molecule has 0 unspecified atom stereocenters. The van der Waals surface area contributed by atoms with Crippen molar-refractivity contribution in [2.24, 2.45) is 5.41 Å². The van der Waals surface area contributed by atoms with E-state index in [0.29, 0.717) is 11.3 Å². The number of benzene rings is 6. The molecule has 0 spiro atoms. The summed E-state index contributed by atoms with van der Waals surface area (Å²) < 4.78 is 6.00. The van der Waals surface area contributed by atoms with E-state index < -0.39 is 0 Å². The van der Waals surface area contributed by atoms with Gasteiger partial charge in [0.15, 0.2) is 0 Å². The lowest BCUT2D eigenvalue weighted by Crippen LogP contribution is -2.16. The largest absolute Gasteiger partial charge is 0.439 e. The lowest BCUT2D eigenvalue weighted by Gasteiger charge is -2.30. The second-order valence-corrected chi connectivity index (χ2v) is 14.7. The summed E-state index contributed by atoms with van der Waals surface area (Å²) in [7, 11) is 0. The number of anilines is 3. The Morgan fingerprint density at radius 2 is 1.17 bits per heavy atom. The van der Waals surface area contributed by atoms with Gasteiger partial charge in [-0.25, -0.2) is 0 Å². The van der Waals surface area contributed by atoms with Crippen LogP contribution in [0.5, 0.6) is 0 Å². The highest BCUT2D eigenvalue weighted by molar-refractivity contribution is 5.95. The summed E-state index contributed by atoms with van der Waals surface area (Å²) in [6.07, 6.45) is 7.49. The Bertz CT molecular complexity index is 2230. The number of para-hydroxylation sites is 2. The van der Waals surface area contributed by atoms with Crippen molar-refractivity contribution in [2.75, 3.05) is 4.90 Å². The van der Waals surface area contributed by atoms with Crippen molar-refractivity contribution in [1.82, 2.24) is 0 Å². The maximum atomic E-state index is 8.72. The Hall–Kier alpha value is -6.19. The van der Waals surface area contributed by atoms with E-state index in [2.05, 4.69) is 172 Å². The van der Waals surface area contributed by atoms with Crippen molar-refractivity contribution >= 4 is 23.0 Å². The second-order valence-electron chi connectivity index (χ2n) is 14.7. The maximum absolute atomic E-state index is 8.72. The Labute approximate surface area is 322 Å². The molecule has 6 aromatic rings. The molecule has 0 atom stereocenters. The van der Waals surface area contributed by atoms with Gasteiger partial charge in [0, 0.05) is 28.2 Å². The lowest BCUT2D eigenvalue weighted by molar-refractivity contribution is 0.411. The summed E-state index contributed by atoms with van der Waals surface area (Å²) >= 11 is 0. The Balaban J connectivity index is 1.39. The number of hydrogen-bond acceptors (Lipinski definition) is 3. The third-order valence-electron chi connectivity index (χ3n) is 9.27. The molecule has 0 saturated heterocycles. The van der Waals surface area contributed by atoms with Crippen molar-refractivity contribution in [3.63, 3.8) is 0 Å². The molecule has 0 radical (unpaired) electrons.